The number of nitriles is 1. The highest BCUT2D eigenvalue weighted by atomic mass is 16.5. The SMILES string of the molecule is COCCOCCCN(C)CCC#N. The lowest BCUT2D eigenvalue weighted by Crippen LogP contribution is -2.21. The minimum absolute atomic E-state index is 0.598. The van der Waals surface area contributed by atoms with Gasteiger partial charge in [0.05, 0.1) is 19.3 Å². The minimum atomic E-state index is 0.598. The van der Waals surface area contributed by atoms with Crippen LogP contribution in [0.1, 0.15) is 12.8 Å². The lowest BCUT2D eigenvalue weighted by atomic mass is 10.4. The van der Waals surface area contributed by atoms with Crippen LogP contribution in [0.15, 0.2) is 0 Å². The van der Waals surface area contributed by atoms with Crippen molar-refractivity contribution in [1.29, 1.82) is 5.26 Å². The van der Waals surface area contributed by atoms with E-state index in [2.05, 4.69) is 11.0 Å². The van der Waals surface area contributed by atoms with Crippen LogP contribution in [0, 0.1) is 11.3 Å². The van der Waals surface area contributed by atoms with Crippen LogP contribution < -0.4 is 0 Å². The lowest BCUT2D eigenvalue weighted by molar-refractivity contribution is 0.0663. The Hall–Kier alpha value is -0.630. The third-order valence-corrected chi connectivity index (χ3v) is 1.87. The van der Waals surface area contributed by atoms with Crippen LogP contribution in [0.2, 0.25) is 0 Å². The summed E-state index contributed by atoms with van der Waals surface area (Å²) < 4.78 is 10.2. The molecule has 0 heterocycles. The van der Waals surface area contributed by atoms with Gasteiger partial charge in [-0.05, 0) is 13.5 Å². The van der Waals surface area contributed by atoms with Crippen LogP contribution in [-0.4, -0.2) is 52.0 Å². The zero-order valence-corrected chi connectivity index (χ0v) is 9.16. The summed E-state index contributed by atoms with van der Waals surface area (Å²) in [4.78, 5) is 2.14. The average Bonchev–Trinajstić information content (AvgIpc) is 2.20. The molecule has 0 aromatic heterocycles. The molecular weight excluding hydrogens is 180 g/mol. The second-order valence-corrected chi connectivity index (χ2v) is 3.17. The zero-order valence-electron chi connectivity index (χ0n) is 9.16. The smallest absolute Gasteiger partial charge is 0.0700 e. The highest BCUT2D eigenvalue weighted by Crippen LogP contribution is 1.90. The highest BCUT2D eigenvalue weighted by molar-refractivity contribution is 4.70. The predicted molar refractivity (Wildman–Crippen MR) is 55.0 cm³/mol. The van der Waals surface area contributed by atoms with Gasteiger partial charge in [0.1, 0.15) is 0 Å². The molecule has 0 unspecified atom stereocenters. The first-order chi connectivity index (χ1) is 6.81. The van der Waals surface area contributed by atoms with Gasteiger partial charge in [-0.25, -0.2) is 0 Å². The fraction of sp³-hybridized carbons (Fsp3) is 0.900. The Labute approximate surface area is 86.4 Å². The molecule has 0 atom stereocenters. The number of rotatable bonds is 9. The maximum atomic E-state index is 8.37. The molecule has 4 heteroatoms. The molecule has 0 rings (SSSR count). The quantitative estimate of drug-likeness (QED) is 0.518. The van der Waals surface area contributed by atoms with E-state index >= 15 is 0 Å². The molecule has 0 saturated heterocycles. The number of hydrogen-bond acceptors (Lipinski definition) is 4. The summed E-state index contributed by atoms with van der Waals surface area (Å²) in [6.07, 6.45) is 1.60. The summed E-state index contributed by atoms with van der Waals surface area (Å²) in [5.74, 6) is 0. The molecular formula is C10H20N2O2. The fourth-order valence-corrected chi connectivity index (χ4v) is 1.03. The molecule has 0 spiro atoms. The minimum Gasteiger partial charge on any atom is -0.382 e. The standard InChI is InChI=1S/C10H20N2O2/c1-12(6-3-5-11)7-4-8-14-10-9-13-2/h3-4,6-10H2,1-2H3. The molecule has 4 nitrogen and oxygen atoms in total. The predicted octanol–water partition coefficient (Wildman–Crippen LogP) is 0.885. The van der Waals surface area contributed by atoms with Gasteiger partial charge in [0.15, 0.2) is 0 Å². The molecule has 0 radical (unpaired) electrons. The Morgan fingerprint density at radius 3 is 2.64 bits per heavy atom. The molecule has 0 N–H and O–H groups in total. The molecule has 0 aromatic carbocycles. The maximum absolute atomic E-state index is 8.37. The second kappa shape index (κ2) is 10.5. The molecule has 0 aromatic rings. The van der Waals surface area contributed by atoms with Crippen LogP contribution in [0.3, 0.4) is 0 Å². The fourth-order valence-electron chi connectivity index (χ4n) is 1.03. The molecule has 0 saturated carbocycles. The molecule has 0 bridgehead atoms. The third-order valence-electron chi connectivity index (χ3n) is 1.87. The number of methoxy groups -OCH3 is 1. The van der Waals surface area contributed by atoms with Gasteiger partial charge in [-0.2, -0.15) is 5.26 Å². The van der Waals surface area contributed by atoms with E-state index in [1.165, 1.54) is 0 Å². The van der Waals surface area contributed by atoms with Gasteiger partial charge in [-0.3, -0.25) is 0 Å². The van der Waals surface area contributed by atoms with Crippen molar-refractivity contribution in [1.82, 2.24) is 4.90 Å². The Balaban J connectivity index is 3.07. The van der Waals surface area contributed by atoms with Gasteiger partial charge in [-0.15, -0.1) is 0 Å². The van der Waals surface area contributed by atoms with E-state index < -0.39 is 0 Å². The second-order valence-electron chi connectivity index (χ2n) is 3.17. The molecule has 0 aliphatic rings. The van der Waals surface area contributed by atoms with Crippen molar-refractivity contribution in [2.24, 2.45) is 0 Å². The van der Waals surface area contributed by atoms with Crippen molar-refractivity contribution < 1.29 is 9.47 Å². The van der Waals surface area contributed by atoms with Crippen molar-refractivity contribution in [2.45, 2.75) is 12.8 Å². The molecule has 14 heavy (non-hydrogen) atoms. The summed E-state index contributed by atoms with van der Waals surface area (Å²) in [7, 11) is 3.69. The summed E-state index contributed by atoms with van der Waals surface area (Å²) in [6.45, 7) is 3.91. The largest absolute Gasteiger partial charge is 0.382 e. The van der Waals surface area contributed by atoms with E-state index in [9.17, 15) is 0 Å². The van der Waals surface area contributed by atoms with Crippen molar-refractivity contribution in [3.8, 4) is 6.07 Å². The van der Waals surface area contributed by atoms with Crippen LogP contribution in [-0.2, 0) is 9.47 Å². The van der Waals surface area contributed by atoms with E-state index in [0.29, 0.717) is 19.6 Å². The monoisotopic (exact) mass is 200 g/mol. The van der Waals surface area contributed by atoms with Crippen molar-refractivity contribution in [2.75, 3.05) is 47.1 Å². The Morgan fingerprint density at radius 1 is 1.21 bits per heavy atom. The van der Waals surface area contributed by atoms with Gasteiger partial charge in [0.2, 0.25) is 0 Å². The first-order valence-corrected chi connectivity index (χ1v) is 4.93. The zero-order chi connectivity index (χ0) is 10.6. The number of ether oxygens (including phenoxy) is 2. The van der Waals surface area contributed by atoms with E-state index in [-0.39, 0.29) is 0 Å². The van der Waals surface area contributed by atoms with Gasteiger partial charge >= 0.3 is 0 Å². The van der Waals surface area contributed by atoms with Gasteiger partial charge in [-0.1, -0.05) is 0 Å². The molecule has 0 aliphatic heterocycles. The molecule has 0 aliphatic carbocycles. The van der Waals surface area contributed by atoms with E-state index in [4.69, 9.17) is 14.7 Å². The van der Waals surface area contributed by atoms with Crippen molar-refractivity contribution >= 4 is 0 Å². The highest BCUT2D eigenvalue weighted by Gasteiger charge is 1.96. The van der Waals surface area contributed by atoms with Crippen LogP contribution in [0.5, 0.6) is 0 Å². The van der Waals surface area contributed by atoms with Gasteiger partial charge in [0.25, 0.3) is 0 Å². The van der Waals surface area contributed by atoms with Gasteiger partial charge < -0.3 is 14.4 Å². The third kappa shape index (κ3) is 9.46. The Kier molecular flexibility index (Phi) is 9.98. The number of hydrogen-bond donors (Lipinski definition) is 0. The Morgan fingerprint density at radius 2 is 2.00 bits per heavy atom. The van der Waals surface area contributed by atoms with Crippen LogP contribution in [0.4, 0.5) is 0 Å². The topological polar surface area (TPSA) is 45.5 Å². The summed E-state index contributed by atoms with van der Waals surface area (Å²) in [6, 6.07) is 2.13. The van der Waals surface area contributed by atoms with Crippen molar-refractivity contribution in [3.05, 3.63) is 0 Å². The maximum Gasteiger partial charge on any atom is 0.0700 e. The summed E-state index contributed by atoms with van der Waals surface area (Å²) in [5.41, 5.74) is 0. The van der Waals surface area contributed by atoms with Crippen LogP contribution in [0.25, 0.3) is 0 Å². The van der Waals surface area contributed by atoms with Gasteiger partial charge in [0, 0.05) is 33.2 Å². The number of nitrogens with zero attached hydrogens (tertiary/aromatic N) is 2. The van der Waals surface area contributed by atoms with E-state index in [1.807, 2.05) is 7.05 Å². The van der Waals surface area contributed by atoms with E-state index in [0.717, 1.165) is 26.1 Å². The van der Waals surface area contributed by atoms with Crippen LogP contribution >= 0.6 is 0 Å². The lowest BCUT2D eigenvalue weighted by Gasteiger charge is -2.14. The summed E-state index contributed by atoms with van der Waals surface area (Å²) in [5, 5.41) is 8.37. The molecule has 0 amide bonds. The Bertz CT molecular complexity index is 157. The normalized spacial score (nSPS) is 10.4. The first-order valence-electron chi connectivity index (χ1n) is 4.93. The van der Waals surface area contributed by atoms with Crippen molar-refractivity contribution in [3.63, 3.8) is 0 Å². The molecule has 0 fully saturated rings. The molecule has 82 valence electrons. The summed E-state index contributed by atoms with van der Waals surface area (Å²) >= 11 is 0. The average molecular weight is 200 g/mol. The van der Waals surface area contributed by atoms with E-state index in [1.54, 1.807) is 7.11 Å². The first kappa shape index (κ1) is 13.4.